The number of benzene rings is 2. The maximum absolute atomic E-state index is 13.0. The number of ketones is 2. The average molecular weight is 296 g/mol. The molecule has 3 nitrogen and oxygen atoms in total. The molecule has 0 aliphatic carbocycles. The average Bonchev–Trinajstić information content (AvgIpc) is 2.57. The van der Waals surface area contributed by atoms with Crippen LogP contribution in [0.2, 0.25) is 0 Å². The second-order valence-electron chi connectivity index (χ2n) is 5.48. The summed E-state index contributed by atoms with van der Waals surface area (Å²) in [5, 5.41) is 0. The molecule has 2 aromatic rings. The number of methoxy groups -OCH3 is 1. The van der Waals surface area contributed by atoms with Gasteiger partial charge in [0, 0.05) is 18.2 Å². The van der Waals surface area contributed by atoms with Crippen LogP contribution in [0.5, 0.6) is 0 Å². The molecule has 0 atom stereocenters. The van der Waals surface area contributed by atoms with Crippen molar-refractivity contribution in [2.45, 2.75) is 19.4 Å². The van der Waals surface area contributed by atoms with Crippen LogP contribution in [0, 0.1) is 5.92 Å². The van der Waals surface area contributed by atoms with Crippen LogP contribution in [0.1, 0.15) is 34.6 Å². The van der Waals surface area contributed by atoms with Crippen molar-refractivity contribution in [3.63, 3.8) is 0 Å². The van der Waals surface area contributed by atoms with E-state index in [9.17, 15) is 9.59 Å². The van der Waals surface area contributed by atoms with Crippen LogP contribution < -0.4 is 0 Å². The van der Waals surface area contributed by atoms with Crippen molar-refractivity contribution in [1.82, 2.24) is 0 Å². The van der Waals surface area contributed by atoms with Gasteiger partial charge >= 0.3 is 0 Å². The Kier molecular flexibility index (Phi) is 4.88. The molecule has 3 heteroatoms. The third-order valence-corrected chi connectivity index (χ3v) is 3.88. The van der Waals surface area contributed by atoms with Crippen molar-refractivity contribution in [2.24, 2.45) is 5.92 Å². The van der Waals surface area contributed by atoms with E-state index in [-0.39, 0.29) is 17.5 Å². The Bertz CT molecular complexity index is 593. The Balaban J connectivity index is 2.54. The molecule has 0 heterocycles. The zero-order valence-electron chi connectivity index (χ0n) is 13.1. The Hall–Kier alpha value is -2.26. The van der Waals surface area contributed by atoms with Gasteiger partial charge in [-0.25, -0.2) is 0 Å². The fraction of sp³-hybridized carbons (Fsp3) is 0.263. The summed E-state index contributed by atoms with van der Waals surface area (Å²) in [6.45, 7) is 3.65. The zero-order valence-corrected chi connectivity index (χ0v) is 13.1. The van der Waals surface area contributed by atoms with E-state index in [2.05, 4.69) is 0 Å². The van der Waals surface area contributed by atoms with E-state index in [1.54, 1.807) is 48.5 Å². The Morgan fingerprint density at radius 3 is 1.45 bits per heavy atom. The first-order chi connectivity index (χ1) is 10.5. The number of rotatable bonds is 6. The number of ether oxygens (including phenoxy) is 1. The van der Waals surface area contributed by atoms with Crippen molar-refractivity contribution >= 4 is 11.6 Å². The summed E-state index contributed by atoms with van der Waals surface area (Å²) in [6.07, 6.45) is 0. The van der Waals surface area contributed by atoms with Gasteiger partial charge in [0.1, 0.15) is 0 Å². The SMILES string of the molecule is COC(C(=O)c1ccccc1)(C(=O)c1ccccc1)C(C)C. The summed E-state index contributed by atoms with van der Waals surface area (Å²) in [5.74, 6) is -0.906. The lowest BCUT2D eigenvalue weighted by Crippen LogP contribution is -2.52. The first-order valence-corrected chi connectivity index (χ1v) is 7.29. The highest BCUT2D eigenvalue weighted by molar-refractivity contribution is 6.22. The van der Waals surface area contributed by atoms with Gasteiger partial charge in [-0.1, -0.05) is 74.5 Å². The van der Waals surface area contributed by atoms with Gasteiger partial charge in [-0.2, -0.15) is 0 Å². The molecule has 0 aliphatic rings. The minimum Gasteiger partial charge on any atom is -0.362 e. The summed E-state index contributed by atoms with van der Waals surface area (Å²) >= 11 is 0. The number of carbonyl (C=O) groups is 2. The molecule has 0 fully saturated rings. The molecule has 0 saturated heterocycles. The molecule has 0 bridgehead atoms. The van der Waals surface area contributed by atoms with Gasteiger partial charge in [0.05, 0.1) is 0 Å². The van der Waals surface area contributed by atoms with Gasteiger partial charge in [-0.3, -0.25) is 9.59 Å². The predicted octanol–water partition coefficient (Wildman–Crippen LogP) is 3.79. The maximum atomic E-state index is 13.0. The number of hydrogen-bond acceptors (Lipinski definition) is 3. The van der Waals surface area contributed by atoms with Crippen molar-refractivity contribution in [3.8, 4) is 0 Å². The molecule has 0 amide bonds. The van der Waals surface area contributed by atoms with Gasteiger partial charge in [-0.05, 0) is 5.92 Å². The van der Waals surface area contributed by atoms with Crippen LogP contribution in [-0.2, 0) is 4.74 Å². The number of Topliss-reactive ketones (excluding diaryl/α,β-unsaturated/α-hetero) is 2. The maximum Gasteiger partial charge on any atom is 0.202 e. The van der Waals surface area contributed by atoms with Gasteiger partial charge in [-0.15, -0.1) is 0 Å². The summed E-state index contributed by atoms with van der Waals surface area (Å²) in [5.41, 5.74) is -0.562. The molecule has 0 unspecified atom stereocenters. The molecule has 22 heavy (non-hydrogen) atoms. The molecule has 0 spiro atoms. The molecule has 114 valence electrons. The van der Waals surface area contributed by atoms with Crippen LogP contribution in [0.15, 0.2) is 60.7 Å². The van der Waals surface area contributed by atoms with Crippen LogP contribution in [-0.4, -0.2) is 24.3 Å². The molecule has 0 N–H and O–H groups in total. The number of hydrogen-bond donors (Lipinski definition) is 0. The quantitative estimate of drug-likeness (QED) is 0.601. The monoisotopic (exact) mass is 296 g/mol. The molecule has 2 rings (SSSR count). The second kappa shape index (κ2) is 6.67. The fourth-order valence-electron chi connectivity index (χ4n) is 2.66. The van der Waals surface area contributed by atoms with E-state index in [4.69, 9.17) is 4.74 Å². The minimum absolute atomic E-state index is 0.294. The lowest BCUT2D eigenvalue weighted by atomic mass is 9.77. The van der Waals surface area contributed by atoms with Crippen molar-refractivity contribution in [2.75, 3.05) is 7.11 Å². The summed E-state index contributed by atoms with van der Waals surface area (Å²) < 4.78 is 5.53. The van der Waals surface area contributed by atoms with Crippen molar-refractivity contribution in [1.29, 1.82) is 0 Å². The minimum atomic E-state index is -1.51. The van der Waals surface area contributed by atoms with Gasteiger partial charge in [0.25, 0.3) is 0 Å². The third-order valence-electron chi connectivity index (χ3n) is 3.88. The number of carbonyl (C=O) groups excluding carboxylic acids is 2. The van der Waals surface area contributed by atoms with E-state index >= 15 is 0 Å². The smallest absolute Gasteiger partial charge is 0.202 e. The van der Waals surface area contributed by atoms with Crippen LogP contribution in [0.25, 0.3) is 0 Å². The normalized spacial score (nSPS) is 11.5. The highest BCUT2D eigenvalue weighted by Gasteiger charge is 2.49. The van der Waals surface area contributed by atoms with Crippen LogP contribution >= 0.6 is 0 Å². The lowest BCUT2D eigenvalue weighted by molar-refractivity contribution is -0.0120. The Labute approximate surface area is 130 Å². The largest absolute Gasteiger partial charge is 0.362 e. The van der Waals surface area contributed by atoms with Crippen LogP contribution in [0.4, 0.5) is 0 Å². The molecular weight excluding hydrogens is 276 g/mol. The Morgan fingerprint density at radius 1 is 0.818 bits per heavy atom. The van der Waals surface area contributed by atoms with E-state index < -0.39 is 5.60 Å². The van der Waals surface area contributed by atoms with E-state index in [0.29, 0.717) is 11.1 Å². The van der Waals surface area contributed by atoms with E-state index in [0.717, 1.165) is 0 Å². The molecular formula is C19H20O3. The lowest BCUT2D eigenvalue weighted by Gasteiger charge is -2.33. The second-order valence-corrected chi connectivity index (χ2v) is 5.48. The summed E-state index contributed by atoms with van der Waals surface area (Å²) in [4.78, 5) is 26.0. The highest BCUT2D eigenvalue weighted by Crippen LogP contribution is 2.30. The standard InChI is InChI=1S/C19H20O3/c1-14(2)19(22-3,17(20)15-10-6-4-7-11-15)18(21)16-12-8-5-9-13-16/h4-14H,1-3H3. The van der Waals surface area contributed by atoms with Crippen molar-refractivity contribution < 1.29 is 14.3 Å². The molecule has 0 aliphatic heterocycles. The highest BCUT2D eigenvalue weighted by atomic mass is 16.5. The van der Waals surface area contributed by atoms with Crippen LogP contribution in [0.3, 0.4) is 0 Å². The first-order valence-electron chi connectivity index (χ1n) is 7.29. The van der Waals surface area contributed by atoms with Gasteiger partial charge in [0.2, 0.25) is 11.6 Å². The Morgan fingerprint density at radius 2 is 1.18 bits per heavy atom. The molecule has 0 aromatic heterocycles. The topological polar surface area (TPSA) is 43.4 Å². The van der Waals surface area contributed by atoms with E-state index in [1.165, 1.54) is 7.11 Å². The van der Waals surface area contributed by atoms with Gasteiger partial charge < -0.3 is 4.74 Å². The van der Waals surface area contributed by atoms with Gasteiger partial charge in [0.15, 0.2) is 5.60 Å². The molecule has 0 radical (unpaired) electrons. The first kappa shape index (κ1) is 16.1. The molecule has 0 saturated carbocycles. The summed E-state index contributed by atoms with van der Waals surface area (Å²) in [6, 6.07) is 17.6. The third kappa shape index (κ3) is 2.72. The van der Waals surface area contributed by atoms with Crippen molar-refractivity contribution in [3.05, 3.63) is 71.8 Å². The summed E-state index contributed by atoms with van der Waals surface area (Å²) in [7, 11) is 1.42. The predicted molar refractivity (Wildman–Crippen MR) is 86.1 cm³/mol. The van der Waals surface area contributed by atoms with E-state index in [1.807, 2.05) is 26.0 Å². The molecule has 2 aromatic carbocycles. The zero-order chi connectivity index (χ0) is 16.2. The fourth-order valence-corrected chi connectivity index (χ4v) is 2.66.